The molecule has 4 aromatic rings. The first-order valence-electron chi connectivity index (χ1n) is 9.84. The molecule has 0 aliphatic heterocycles. The highest BCUT2D eigenvalue weighted by molar-refractivity contribution is 5.94. The molecule has 4 aromatic heterocycles. The van der Waals surface area contributed by atoms with Gasteiger partial charge in [0.15, 0.2) is 5.65 Å². The zero-order valence-electron chi connectivity index (χ0n) is 17.0. The number of rotatable bonds is 5. The van der Waals surface area contributed by atoms with Gasteiger partial charge in [0, 0.05) is 41.5 Å². The minimum Gasteiger partial charge on any atom is -0.387 e. The molecule has 0 radical (unpaired) electrons. The number of aliphatic hydroxyl groups is 1. The number of anilines is 1. The maximum Gasteiger partial charge on any atom is 0.320 e. The molecule has 1 atom stereocenters. The molecule has 0 spiro atoms. The van der Waals surface area contributed by atoms with Crippen LogP contribution in [0.3, 0.4) is 0 Å². The van der Waals surface area contributed by atoms with Gasteiger partial charge in [0.05, 0.1) is 17.3 Å². The Labute approximate surface area is 173 Å². The first-order chi connectivity index (χ1) is 14.5. The van der Waals surface area contributed by atoms with Crippen LogP contribution in [0.1, 0.15) is 37.6 Å². The summed E-state index contributed by atoms with van der Waals surface area (Å²) in [4.78, 5) is 25.0. The third kappa shape index (κ3) is 3.55. The lowest BCUT2D eigenvalue weighted by Crippen LogP contribution is -2.28. The van der Waals surface area contributed by atoms with E-state index >= 15 is 0 Å². The van der Waals surface area contributed by atoms with Crippen LogP contribution in [0.25, 0.3) is 27.7 Å². The van der Waals surface area contributed by atoms with Gasteiger partial charge in [-0.1, -0.05) is 6.92 Å². The fraction of sp³-hybridized carbons (Fsp3) is 0.286. The molecule has 4 rings (SSSR count). The van der Waals surface area contributed by atoms with Gasteiger partial charge in [0.1, 0.15) is 12.1 Å². The number of hydrogen-bond acceptors (Lipinski definition) is 6. The number of aliphatic hydroxyl groups excluding tert-OH is 1. The van der Waals surface area contributed by atoms with Crippen molar-refractivity contribution < 1.29 is 9.90 Å². The predicted molar refractivity (Wildman–Crippen MR) is 114 cm³/mol. The van der Waals surface area contributed by atoms with Crippen LogP contribution in [0, 0.1) is 6.92 Å². The fourth-order valence-corrected chi connectivity index (χ4v) is 3.41. The average Bonchev–Trinajstić information content (AvgIpc) is 3.23. The van der Waals surface area contributed by atoms with Crippen molar-refractivity contribution in [2.24, 2.45) is 0 Å². The zero-order chi connectivity index (χ0) is 21.3. The van der Waals surface area contributed by atoms with Gasteiger partial charge in [0.2, 0.25) is 0 Å². The van der Waals surface area contributed by atoms with Crippen molar-refractivity contribution >= 4 is 28.4 Å². The van der Waals surface area contributed by atoms with Crippen LogP contribution < -0.4 is 10.6 Å². The molecule has 0 aromatic carbocycles. The van der Waals surface area contributed by atoms with E-state index in [4.69, 9.17) is 0 Å². The third-order valence-corrected chi connectivity index (χ3v) is 4.96. The highest BCUT2D eigenvalue weighted by Gasteiger charge is 2.16. The van der Waals surface area contributed by atoms with Crippen LogP contribution in [0.4, 0.5) is 10.6 Å². The van der Waals surface area contributed by atoms with Gasteiger partial charge < -0.3 is 10.4 Å². The number of nitrogens with zero attached hydrogens (tertiary/aromatic N) is 5. The molecule has 0 saturated heterocycles. The van der Waals surface area contributed by atoms with Gasteiger partial charge in [-0.05, 0) is 38.0 Å². The summed E-state index contributed by atoms with van der Waals surface area (Å²) in [6.45, 7) is 6.27. The lowest BCUT2D eigenvalue weighted by Gasteiger charge is -2.13. The summed E-state index contributed by atoms with van der Waals surface area (Å²) in [5.74, 6) is 0.425. The second kappa shape index (κ2) is 8.03. The Morgan fingerprint density at radius 3 is 2.70 bits per heavy atom. The highest BCUT2D eigenvalue weighted by atomic mass is 16.3. The molecule has 9 nitrogen and oxygen atoms in total. The lowest BCUT2D eigenvalue weighted by molar-refractivity contribution is 0.169. The predicted octanol–water partition coefficient (Wildman–Crippen LogP) is 3.23. The van der Waals surface area contributed by atoms with Gasteiger partial charge in [0.25, 0.3) is 0 Å². The topological polar surface area (TPSA) is 117 Å². The van der Waals surface area contributed by atoms with E-state index in [9.17, 15) is 9.90 Å². The molecule has 9 heteroatoms. The molecule has 154 valence electrons. The first-order valence-corrected chi connectivity index (χ1v) is 9.84. The van der Waals surface area contributed by atoms with Crippen molar-refractivity contribution in [3.8, 4) is 11.1 Å². The standard InChI is InChI=1S/C21H23N7O2/c1-4-18(29)16-6-12(3)15(10-23-16)14-7-13-9-24-19(27-21(30)22-5-2)8-17(13)28-20(14)25-11-26-28/h6-11,18,29H,4-5H2,1-3H3,(H2,22,24,27,30)/t18-/m0/s1. The Hall–Kier alpha value is -3.59. The number of urea groups is 1. The Balaban J connectivity index is 1.82. The smallest absolute Gasteiger partial charge is 0.320 e. The van der Waals surface area contributed by atoms with Crippen molar-refractivity contribution in [1.29, 1.82) is 0 Å². The molecule has 0 unspecified atom stereocenters. The number of carbonyl (C=O) groups excluding carboxylic acids is 1. The lowest BCUT2D eigenvalue weighted by atomic mass is 10.0. The molecule has 3 N–H and O–H groups in total. The zero-order valence-corrected chi connectivity index (χ0v) is 17.0. The SMILES string of the molecule is CCNC(=O)Nc1cc2c(cn1)cc(-c1cnc([C@@H](O)CC)cc1C)c1ncnn12. The van der Waals surface area contributed by atoms with Crippen LogP contribution in [0.5, 0.6) is 0 Å². The maximum atomic E-state index is 11.8. The molecule has 4 heterocycles. The maximum absolute atomic E-state index is 11.8. The van der Waals surface area contributed by atoms with Crippen LogP contribution in [0.2, 0.25) is 0 Å². The summed E-state index contributed by atoms with van der Waals surface area (Å²) >= 11 is 0. The molecule has 0 aliphatic carbocycles. The van der Waals surface area contributed by atoms with Crippen molar-refractivity contribution in [3.05, 3.63) is 48.2 Å². The third-order valence-electron chi connectivity index (χ3n) is 4.96. The number of aryl methyl sites for hydroxylation is 1. The molecule has 0 aliphatic rings. The van der Waals surface area contributed by atoms with Gasteiger partial charge in [-0.15, -0.1) is 0 Å². The van der Waals surface area contributed by atoms with Gasteiger partial charge >= 0.3 is 6.03 Å². The Morgan fingerprint density at radius 2 is 1.97 bits per heavy atom. The summed E-state index contributed by atoms with van der Waals surface area (Å²) in [6.07, 6.45) is 4.97. The van der Waals surface area contributed by atoms with E-state index in [0.29, 0.717) is 30.1 Å². The molecular weight excluding hydrogens is 382 g/mol. The number of aromatic nitrogens is 5. The minimum absolute atomic E-state index is 0.313. The number of carbonyl (C=O) groups is 1. The summed E-state index contributed by atoms with van der Waals surface area (Å²) in [6, 6.07) is 5.34. The quantitative estimate of drug-likeness (QED) is 0.469. The highest BCUT2D eigenvalue weighted by Crippen LogP contribution is 2.31. The van der Waals surface area contributed by atoms with E-state index < -0.39 is 6.10 Å². The number of pyridine rings is 3. The van der Waals surface area contributed by atoms with E-state index in [1.54, 1.807) is 23.0 Å². The average molecular weight is 405 g/mol. The largest absolute Gasteiger partial charge is 0.387 e. The van der Waals surface area contributed by atoms with Gasteiger partial charge in [-0.2, -0.15) is 5.10 Å². The van der Waals surface area contributed by atoms with Crippen LogP contribution >= 0.6 is 0 Å². The molecule has 30 heavy (non-hydrogen) atoms. The normalized spacial score (nSPS) is 12.3. The first kappa shape index (κ1) is 19.7. The summed E-state index contributed by atoms with van der Waals surface area (Å²) < 4.78 is 1.73. The van der Waals surface area contributed by atoms with Crippen molar-refractivity contribution in [3.63, 3.8) is 0 Å². The van der Waals surface area contributed by atoms with E-state index in [1.165, 1.54) is 6.33 Å². The van der Waals surface area contributed by atoms with Crippen molar-refractivity contribution in [2.45, 2.75) is 33.3 Å². The van der Waals surface area contributed by atoms with E-state index in [2.05, 4.69) is 30.7 Å². The molecule has 2 amide bonds. The molecule has 0 bridgehead atoms. The monoisotopic (exact) mass is 405 g/mol. The summed E-state index contributed by atoms with van der Waals surface area (Å²) in [5.41, 5.74) is 4.86. The summed E-state index contributed by atoms with van der Waals surface area (Å²) in [7, 11) is 0. The van der Waals surface area contributed by atoms with Crippen LogP contribution in [-0.2, 0) is 0 Å². The van der Waals surface area contributed by atoms with Gasteiger partial charge in [-0.25, -0.2) is 19.3 Å². The van der Waals surface area contributed by atoms with E-state index in [0.717, 1.165) is 27.6 Å². The number of hydrogen-bond donors (Lipinski definition) is 3. The summed E-state index contributed by atoms with van der Waals surface area (Å²) in [5, 5.41) is 20.7. The van der Waals surface area contributed by atoms with E-state index in [-0.39, 0.29) is 6.03 Å². The number of fused-ring (bicyclic) bond motifs is 3. The number of amides is 2. The molecular formula is C21H23N7O2. The second-order valence-corrected chi connectivity index (χ2v) is 7.01. The van der Waals surface area contributed by atoms with Gasteiger partial charge in [-0.3, -0.25) is 10.3 Å². The van der Waals surface area contributed by atoms with E-state index in [1.807, 2.05) is 32.9 Å². The Kier molecular flexibility index (Phi) is 5.28. The van der Waals surface area contributed by atoms with Crippen LogP contribution in [0.15, 0.2) is 36.9 Å². The minimum atomic E-state index is -0.581. The fourth-order valence-electron chi connectivity index (χ4n) is 3.41. The Morgan fingerprint density at radius 1 is 1.13 bits per heavy atom. The van der Waals surface area contributed by atoms with Crippen LogP contribution in [-0.4, -0.2) is 42.2 Å². The number of nitrogens with one attached hydrogen (secondary N) is 2. The molecule has 0 fully saturated rings. The van der Waals surface area contributed by atoms with Crippen molar-refractivity contribution in [2.75, 3.05) is 11.9 Å². The second-order valence-electron chi connectivity index (χ2n) is 7.01. The van der Waals surface area contributed by atoms with Crippen molar-refractivity contribution in [1.82, 2.24) is 29.9 Å². The Bertz CT molecular complexity index is 1230. The molecule has 0 saturated carbocycles.